The molecule has 0 saturated carbocycles. The van der Waals surface area contributed by atoms with Crippen molar-refractivity contribution in [2.24, 2.45) is 5.73 Å². The number of ether oxygens (including phenoxy) is 1. The van der Waals surface area contributed by atoms with Gasteiger partial charge in [-0.25, -0.2) is 9.97 Å². The van der Waals surface area contributed by atoms with Crippen molar-refractivity contribution in [3.63, 3.8) is 0 Å². The number of fused-ring (bicyclic) bond motifs is 1. The summed E-state index contributed by atoms with van der Waals surface area (Å²) in [5.41, 5.74) is 11.8. The molecule has 3 heterocycles. The van der Waals surface area contributed by atoms with Gasteiger partial charge in [-0.15, -0.1) is 0 Å². The molecule has 0 aromatic carbocycles. The molecule has 3 rings (SSSR count). The number of nitrogens with two attached hydrogens (primary N) is 2. The van der Waals surface area contributed by atoms with Crippen molar-refractivity contribution in [1.29, 1.82) is 0 Å². The Balaban J connectivity index is 1.69. The number of thioether (sulfide) groups is 1. The van der Waals surface area contributed by atoms with E-state index in [1.165, 1.54) is 18.1 Å². The maximum atomic E-state index is 10.7. The van der Waals surface area contributed by atoms with E-state index in [1.54, 1.807) is 10.8 Å². The number of aliphatic hydroxyl groups is 2. The van der Waals surface area contributed by atoms with Gasteiger partial charge in [0.15, 0.2) is 6.23 Å². The van der Waals surface area contributed by atoms with Gasteiger partial charge >= 0.3 is 5.97 Å². The summed E-state index contributed by atoms with van der Waals surface area (Å²) >= 11 is 4.80. The summed E-state index contributed by atoms with van der Waals surface area (Å²) in [5, 5.41) is 30.2. The van der Waals surface area contributed by atoms with Crippen LogP contribution < -0.4 is 11.5 Å². The van der Waals surface area contributed by atoms with Crippen LogP contribution in [0.2, 0.25) is 0 Å². The fraction of sp³-hybridized carbons (Fsp3) is 0.533. The van der Waals surface area contributed by atoms with E-state index in [4.69, 9.17) is 21.3 Å². The number of hydrogen-bond acceptors (Lipinski definition) is 9. The second-order valence-electron chi connectivity index (χ2n) is 6.20. The largest absolute Gasteiger partial charge is 0.480 e. The monoisotopic (exact) mass is 461 g/mol. The smallest absolute Gasteiger partial charge is 0.320 e. The van der Waals surface area contributed by atoms with E-state index in [0.29, 0.717) is 39.3 Å². The number of aliphatic carboxylic acids is 1. The van der Waals surface area contributed by atoms with Crippen LogP contribution in [0.25, 0.3) is 11.0 Å². The first-order valence-electron chi connectivity index (χ1n) is 8.15. The van der Waals surface area contributed by atoms with Crippen LogP contribution in [0.1, 0.15) is 12.6 Å². The fourth-order valence-corrected chi connectivity index (χ4v) is 4.58. The van der Waals surface area contributed by atoms with Gasteiger partial charge in [0.1, 0.15) is 36.0 Å². The molecule has 0 amide bonds. The Kier molecular flexibility index (Phi) is 6.23. The maximum Gasteiger partial charge on any atom is 0.320 e. The molecular formula is C15H20BrN5O5S. The van der Waals surface area contributed by atoms with E-state index in [1.807, 2.05) is 0 Å². The molecule has 2 aromatic rings. The molecule has 1 saturated heterocycles. The molecule has 5 atom stereocenters. The molecule has 10 nitrogen and oxygen atoms in total. The number of rotatable bonds is 7. The number of carbonyl (C=O) groups is 1. The second kappa shape index (κ2) is 8.29. The molecule has 2 aromatic heterocycles. The molecule has 0 aliphatic carbocycles. The molecular weight excluding hydrogens is 442 g/mol. The fourth-order valence-electron chi connectivity index (χ4n) is 2.89. The minimum Gasteiger partial charge on any atom is -0.480 e. The van der Waals surface area contributed by atoms with E-state index < -0.39 is 36.6 Å². The third kappa shape index (κ3) is 4.05. The second-order valence-corrected chi connectivity index (χ2v) is 8.20. The van der Waals surface area contributed by atoms with Gasteiger partial charge in [0.05, 0.1) is 11.5 Å². The van der Waals surface area contributed by atoms with E-state index in [2.05, 4.69) is 25.9 Å². The summed E-state index contributed by atoms with van der Waals surface area (Å²) in [4.78, 5) is 18.9. The predicted molar refractivity (Wildman–Crippen MR) is 103 cm³/mol. The summed E-state index contributed by atoms with van der Waals surface area (Å²) < 4.78 is 8.12. The Morgan fingerprint density at radius 1 is 1.41 bits per heavy atom. The number of halogens is 1. The predicted octanol–water partition coefficient (Wildman–Crippen LogP) is -0.0696. The van der Waals surface area contributed by atoms with Gasteiger partial charge < -0.3 is 36.1 Å². The zero-order valence-electron chi connectivity index (χ0n) is 14.1. The molecule has 1 aliphatic heterocycles. The van der Waals surface area contributed by atoms with Crippen LogP contribution in [-0.2, 0) is 9.53 Å². The van der Waals surface area contributed by atoms with Crippen LogP contribution in [0, 0.1) is 0 Å². The highest BCUT2D eigenvalue weighted by molar-refractivity contribution is 9.10. The summed E-state index contributed by atoms with van der Waals surface area (Å²) in [5.74, 6) is 0.135. The number of carboxylic acid groups (broad SMARTS) is 1. The van der Waals surface area contributed by atoms with Crippen LogP contribution in [0.15, 0.2) is 17.0 Å². The highest BCUT2D eigenvalue weighted by Gasteiger charge is 2.44. The zero-order valence-corrected chi connectivity index (χ0v) is 16.5. The SMILES string of the molecule is Nc1ncnc2c1c(Br)cn2C1OC(CSCCC(N)C(=O)O)C(O)C1O. The lowest BCUT2D eigenvalue weighted by Crippen LogP contribution is -2.33. The summed E-state index contributed by atoms with van der Waals surface area (Å²) in [6.45, 7) is 0. The van der Waals surface area contributed by atoms with Crippen molar-refractivity contribution in [3.8, 4) is 0 Å². The summed E-state index contributed by atoms with van der Waals surface area (Å²) in [6.07, 6.45) is -0.405. The number of anilines is 1. The number of hydrogen-bond donors (Lipinski definition) is 5. The quantitative estimate of drug-likeness (QED) is 0.351. The first kappa shape index (κ1) is 20.3. The first-order valence-corrected chi connectivity index (χ1v) is 10.1. The van der Waals surface area contributed by atoms with Gasteiger partial charge in [-0.1, -0.05) is 0 Å². The Bertz CT molecular complexity index is 836. The van der Waals surface area contributed by atoms with Crippen molar-refractivity contribution in [2.75, 3.05) is 17.2 Å². The van der Waals surface area contributed by atoms with Crippen LogP contribution >= 0.6 is 27.7 Å². The third-order valence-corrected chi connectivity index (χ3v) is 6.07. The van der Waals surface area contributed by atoms with Crippen LogP contribution in [-0.4, -0.2) is 71.7 Å². The van der Waals surface area contributed by atoms with Crippen molar-refractivity contribution in [2.45, 2.75) is 37.0 Å². The molecule has 0 radical (unpaired) electrons. The molecule has 1 fully saturated rings. The Labute approximate surface area is 167 Å². The minimum absolute atomic E-state index is 0.292. The van der Waals surface area contributed by atoms with Crippen LogP contribution in [0.5, 0.6) is 0 Å². The van der Waals surface area contributed by atoms with Crippen molar-refractivity contribution < 1.29 is 24.9 Å². The molecule has 5 unspecified atom stereocenters. The number of nitrogens with zero attached hydrogens (tertiary/aromatic N) is 3. The Hall–Kier alpha value is -1.44. The average molecular weight is 462 g/mol. The van der Waals surface area contributed by atoms with E-state index in [0.717, 1.165) is 0 Å². The van der Waals surface area contributed by atoms with E-state index >= 15 is 0 Å². The Morgan fingerprint density at radius 3 is 2.85 bits per heavy atom. The third-order valence-electron chi connectivity index (χ3n) is 4.38. The van der Waals surface area contributed by atoms with Gasteiger partial charge in [0.2, 0.25) is 0 Å². The summed E-state index contributed by atoms with van der Waals surface area (Å²) in [7, 11) is 0. The van der Waals surface area contributed by atoms with Gasteiger partial charge in [0.25, 0.3) is 0 Å². The lowest BCUT2D eigenvalue weighted by molar-refractivity contribution is -0.138. The average Bonchev–Trinajstić information content (AvgIpc) is 3.10. The van der Waals surface area contributed by atoms with Crippen molar-refractivity contribution in [1.82, 2.24) is 14.5 Å². The van der Waals surface area contributed by atoms with E-state index in [-0.39, 0.29) is 0 Å². The molecule has 7 N–H and O–H groups in total. The standard InChI is InChI=1S/C15H20BrN5O5S/c16-6-3-21(13-9(6)12(18)19-5-20-13)14-11(23)10(22)8(26-14)4-27-2-1-7(17)15(24)25/h3,5,7-8,10-11,14,22-23H,1-2,4,17H2,(H,24,25)(H2,18,19,20). The summed E-state index contributed by atoms with van der Waals surface area (Å²) in [6, 6.07) is -0.918. The molecule has 12 heteroatoms. The van der Waals surface area contributed by atoms with Crippen molar-refractivity contribution >= 4 is 50.5 Å². The molecule has 148 valence electrons. The lowest BCUT2D eigenvalue weighted by Gasteiger charge is -2.17. The van der Waals surface area contributed by atoms with E-state index in [9.17, 15) is 15.0 Å². The topological polar surface area (TPSA) is 170 Å². The van der Waals surface area contributed by atoms with Crippen LogP contribution in [0.4, 0.5) is 5.82 Å². The molecule has 1 aliphatic rings. The molecule has 0 spiro atoms. The van der Waals surface area contributed by atoms with Gasteiger partial charge in [-0.2, -0.15) is 11.8 Å². The maximum absolute atomic E-state index is 10.7. The molecule has 0 bridgehead atoms. The zero-order chi connectivity index (χ0) is 19.7. The number of aliphatic hydroxyl groups excluding tert-OH is 2. The van der Waals surface area contributed by atoms with Gasteiger partial charge in [0, 0.05) is 16.4 Å². The lowest BCUT2D eigenvalue weighted by atomic mass is 10.1. The number of nitrogen functional groups attached to an aromatic ring is 1. The van der Waals surface area contributed by atoms with Gasteiger partial charge in [-0.05, 0) is 28.1 Å². The molecule has 27 heavy (non-hydrogen) atoms. The van der Waals surface area contributed by atoms with Gasteiger partial charge in [-0.3, -0.25) is 4.79 Å². The first-order chi connectivity index (χ1) is 12.8. The normalized spacial score (nSPS) is 26.5. The van der Waals surface area contributed by atoms with Crippen molar-refractivity contribution in [3.05, 3.63) is 17.0 Å². The number of aromatic nitrogens is 3. The number of carboxylic acids is 1. The minimum atomic E-state index is -1.16. The highest BCUT2D eigenvalue weighted by atomic mass is 79.9. The Morgan fingerprint density at radius 2 is 2.15 bits per heavy atom. The highest BCUT2D eigenvalue weighted by Crippen LogP contribution is 2.37. The van der Waals surface area contributed by atoms with Crippen LogP contribution in [0.3, 0.4) is 0 Å².